The molecular formula is C12H17NO3S. The van der Waals surface area contributed by atoms with Crippen LogP contribution < -0.4 is 5.32 Å². The minimum absolute atomic E-state index is 0.00193. The van der Waals surface area contributed by atoms with E-state index in [2.05, 4.69) is 5.32 Å². The summed E-state index contributed by atoms with van der Waals surface area (Å²) >= 11 is 0. The Morgan fingerprint density at radius 2 is 1.82 bits per heavy atom. The zero-order chi connectivity index (χ0) is 12.6. The van der Waals surface area contributed by atoms with Crippen LogP contribution in [0.2, 0.25) is 0 Å². The molecule has 2 N–H and O–H groups in total. The molecule has 17 heavy (non-hydrogen) atoms. The molecule has 0 amide bonds. The van der Waals surface area contributed by atoms with Crippen LogP contribution in [0.5, 0.6) is 0 Å². The zero-order valence-corrected chi connectivity index (χ0v) is 10.8. The lowest BCUT2D eigenvalue weighted by molar-refractivity contribution is 0.190. The lowest BCUT2D eigenvalue weighted by Crippen LogP contribution is -2.32. The molecule has 4 nitrogen and oxygen atoms in total. The topological polar surface area (TPSA) is 66.4 Å². The van der Waals surface area contributed by atoms with Crippen molar-refractivity contribution in [1.29, 1.82) is 0 Å². The highest BCUT2D eigenvalue weighted by molar-refractivity contribution is 7.91. The van der Waals surface area contributed by atoms with E-state index in [0.29, 0.717) is 0 Å². The number of aliphatic hydroxyl groups is 1. The number of nitrogens with one attached hydrogen (secondary N) is 1. The Morgan fingerprint density at radius 1 is 1.24 bits per heavy atom. The van der Waals surface area contributed by atoms with Crippen LogP contribution in [0.3, 0.4) is 0 Å². The van der Waals surface area contributed by atoms with Crippen molar-refractivity contribution in [3.05, 3.63) is 29.3 Å². The largest absolute Gasteiger partial charge is 0.390 e. The number of hydrogen-bond donors (Lipinski definition) is 2. The summed E-state index contributed by atoms with van der Waals surface area (Å²) in [6.07, 6.45) is -0.820. The molecule has 5 heteroatoms. The van der Waals surface area contributed by atoms with Gasteiger partial charge in [0.1, 0.15) is 0 Å². The molecule has 1 aliphatic rings. The molecule has 0 saturated carbocycles. The highest BCUT2D eigenvalue weighted by atomic mass is 32.2. The fourth-order valence-electron chi connectivity index (χ4n) is 2.19. The summed E-state index contributed by atoms with van der Waals surface area (Å²) in [5.74, 6) is -0.141. The molecule has 1 aromatic rings. The van der Waals surface area contributed by atoms with Crippen molar-refractivity contribution in [3.63, 3.8) is 0 Å². The SMILES string of the molecule is Cc1cccc(C)c1N[C@@H]1CS(=O)(=O)C[C@@H]1O. The lowest BCUT2D eigenvalue weighted by Gasteiger charge is -2.19. The van der Waals surface area contributed by atoms with Crippen LogP contribution in [-0.2, 0) is 9.84 Å². The van der Waals surface area contributed by atoms with Gasteiger partial charge in [-0.15, -0.1) is 0 Å². The van der Waals surface area contributed by atoms with Gasteiger partial charge >= 0.3 is 0 Å². The van der Waals surface area contributed by atoms with Crippen LogP contribution in [0, 0.1) is 13.8 Å². The van der Waals surface area contributed by atoms with Gasteiger partial charge in [0, 0.05) is 5.69 Å². The second kappa shape index (κ2) is 4.31. The first-order valence-corrected chi connectivity index (χ1v) is 7.42. The van der Waals surface area contributed by atoms with E-state index in [1.54, 1.807) is 0 Å². The number of rotatable bonds is 2. The Hall–Kier alpha value is -1.07. The Morgan fingerprint density at radius 3 is 2.29 bits per heavy atom. The third-order valence-electron chi connectivity index (χ3n) is 3.13. The minimum atomic E-state index is -3.10. The molecule has 2 rings (SSSR count). The van der Waals surface area contributed by atoms with Gasteiger partial charge < -0.3 is 10.4 Å². The second-order valence-corrected chi connectivity index (χ2v) is 6.82. The van der Waals surface area contributed by atoms with Crippen molar-refractivity contribution in [2.24, 2.45) is 0 Å². The van der Waals surface area contributed by atoms with Gasteiger partial charge in [-0.05, 0) is 25.0 Å². The highest BCUT2D eigenvalue weighted by Crippen LogP contribution is 2.24. The van der Waals surface area contributed by atoms with Gasteiger partial charge in [-0.2, -0.15) is 0 Å². The zero-order valence-electron chi connectivity index (χ0n) is 9.97. The van der Waals surface area contributed by atoms with Gasteiger partial charge in [0.05, 0.1) is 23.7 Å². The van der Waals surface area contributed by atoms with Crippen molar-refractivity contribution >= 4 is 15.5 Å². The van der Waals surface area contributed by atoms with Gasteiger partial charge in [0.25, 0.3) is 0 Å². The predicted octanol–water partition coefficient (Wildman–Crippen LogP) is 0.873. The summed E-state index contributed by atoms with van der Waals surface area (Å²) in [6.45, 7) is 3.93. The summed E-state index contributed by atoms with van der Waals surface area (Å²) in [5, 5.41) is 12.9. The summed E-state index contributed by atoms with van der Waals surface area (Å²) in [6, 6.07) is 5.48. The van der Waals surface area contributed by atoms with Crippen LogP contribution in [0.25, 0.3) is 0 Å². The van der Waals surface area contributed by atoms with Gasteiger partial charge in [-0.3, -0.25) is 0 Å². The van der Waals surface area contributed by atoms with E-state index in [0.717, 1.165) is 16.8 Å². The maximum Gasteiger partial charge on any atom is 0.155 e. The maximum atomic E-state index is 11.4. The number of para-hydroxylation sites is 1. The molecule has 0 unspecified atom stereocenters. The number of sulfone groups is 1. The number of hydrogen-bond acceptors (Lipinski definition) is 4. The minimum Gasteiger partial charge on any atom is -0.390 e. The smallest absolute Gasteiger partial charge is 0.155 e. The van der Waals surface area contributed by atoms with Crippen molar-refractivity contribution in [2.45, 2.75) is 26.0 Å². The monoisotopic (exact) mass is 255 g/mol. The summed E-state index contributed by atoms with van der Waals surface area (Å²) in [4.78, 5) is 0. The third-order valence-corrected chi connectivity index (χ3v) is 4.85. The molecule has 2 atom stereocenters. The first kappa shape index (κ1) is 12.4. The number of benzene rings is 1. The molecule has 0 radical (unpaired) electrons. The van der Waals surface area contributed by atoms with Crippen LogP contribution in [0.1, 0.15) is 11.1 Å². The molecule has 1 fully saturated rings. The van der Waals surface area contributed by atoms with E-state index < -0.39 is 22.0 Å². The molecule has 1 aromatic carbocycles. The molecule has 0 aliphatic carbocycles. The number of aliphatic hydroxyl groups excluding tert-OH is 1. The number of aryl methyl sites for hydroxylation is 2. The summed E-state index contributed by atoms with van der Waals surface area (Å²) in [5.41, 5.74) is 3.04. The van der Waals surface area contributed by atoms with Crippen LogP contribution in [0.4, 0.5) is 5.69 Å². The Bertz CT molecular complexity index is 504. The van der Waals surface area contributed by atoms with E-state index in [4.69, 9.17) is 0 Å². The summed E-state index contributed by atoms with van der Waals surface area (Å²) in [7, 11) is -3.10. The molecule has 1 saturated heterocycles. The van der Waals surface area contributed by atoms with E-state index in [-0.39, 0.29) is 11.5 Å². The lowest BCUT2D eigenvalue weighted by atomic mass is 10.1. The van der Waals surface area contributed by atoms with Crippen LogP contribution in [-0.4, -0.2) is 37.2 Å². The first-order chi connectivity index (χ1) is 7.89. The molecule has 0 spiro atoms. The van der Waals surface area contributed by atoms with Gasteiger partial charge in [0.15, 0.2) is 9.84 Å². The Kier molecular flexibility index (Phi) is 3.14. The fourth-order valence-corrected chi connectivity index (χ4v) is 3.94. The molecule has 1 heterocycles. The van der Waals surface area contributed by atoms with Crippen LogP contribution in [0.15, 0.2) is 18.2 Å². The van der Waals surface area contributed by atoms with Crippen molar-refractivity contribution in [1.82, 2.24) is 0 Å². The molecular weight excluding hydrogens is 238 g/mol. The van der Waals surface area contributed by atoms with E-state index >= 15 is 0 Å². The molecule has 1 aliphatic heterocycles. The van der Waals surface area contributed by atoms with Gasteiger partial charge in [-0.25, -0.2) is 8.42 Å². The van der Waals surface area contributed by atoms with Gasteiger partial charge in [-0.1, -0.05) is 18.2 Å². The van der Waals surface area contributed by atoms with E-state index in [9.17, 15) is 13.5 Å². The van der Waals surface area contributed by atoms with Crippen molar-refractivity contribution in [2.75, 3.05) is 16.8 Å². The normalized spacial score (nSPS) is 27.0. The molecule has 94 valence electrons. The Balaban J connectivity index is 2.22. The van der Waals surface area contributed by atoms with Crippen molar-refractivity contribution in [3.8, 4) is 0 Å². The summed E-state index contributed by atoms with van der Waals surface area (Å²) < 4.78 is 22.8. The average Bonchev–Trinajstić information content (AvgIpc) is 2.46. The quantitative estimate of drug-likeness (QED) is 0.823. The second-order valence-electron chi connectivity index (χ2n) is 4.66. The number of anilines is 1. The highest BCUT2D eigenvalue weighted by Gasteiger charge is 2.36. The molecule has 0 aromatic heterocycles. The predicted molar refractivity (Wildman–Crippen MR) is 68.0 cm³/mol. The Labute approximate surface area is 102 Å². The fraction of sp³-hybridized carbons (Fsp3) is 0.500. The molecule has 0 bridgehead atoms. The van der Waals surface area contributed by atoms with Crippen LogP contribution >= 0.6 is 0 Å². The van der Waals surface area contributed by atoms with Crippen molar-refractivity contribution < 1.29 is 13.5 Å². The van der Waals surface area contributed by atoms with E-state index in [1.165, 1.54) is 0 Å². The first-order valence-electron chi connectivity index (χ1n) is 5.60. The average molecular weight is 255 g/mol. The third kappa shape index (κ3) is 2.61. The van der Waals surface area contributed by atoms with E-state index in [1.807, 2.05) is 32.0 Å². The maximum absolute atomic E-state index is 11.4. The standard InChI is InChI=1S/C12H17NO3S/c1-8-4-3-5-9(2)12(8)13-10-6-17(15,16)7-11(10)14/h3-5,10-11,13-14H,6-7H2,1-2H3/t10-,11+/m1/s1. The van der Waals surface area contributed by atoms with Gasteiger partial charge in [0.2, 0.25) is 0 Å².